The van der Waals surface area contributed by atoms with Crippen molar-refractivity contribution in [1.82, 2.24) is 4.90 Å². The van der Waals surface area contributed by atoms with E-state index in [-0.39, 0.29) is 0 Å². The highest BCUT2D eigenvalue weighted by Crippen LogP contribution is 2.67. The lowest BCUT2D eigenvalue weighted by molar-refractivity contribution is 0.118. The van der Waals surface area contributed by atoms with Crippen LogP contribution in [0.5, 0.6) is 0 Å². The number of hydrogen-bond donors (Lipinski definition) is 0. The van der Waals surface area contributed by atoms with Crippen LogP contribution in [0.4, 0.5) is 0 Å². The van der Waals surface area contributed by atoms with Gasteiger partial charge in [0.2, 0.25) is 0 Å². The van der Waals surface area contributed by atoms with Gasteiger partial charge < -0.3 is 4.74 Å². The van der Waals surface area contributed by atoms with Crippen LogP contribution in [0.1, 0.15) is 36.9 Å². The molecule has 0 spiro atoms. The first kappa shape index (κ1) is 15.9. The van der Waals surface area contributed by atoms with Crippen molar-refractivity contribution >= 4 is 0 Å². The Bertz CT molecular complexity index is 671. The van der Waals surface area contributed by atoms with E-state index in [2.05, 4.69) is 72.5 Å². The van der Waals surface area contributed by atoms with E-state index >= 15 is 0 Å². The van der Waals surface area contributed by atoms with E-state index in [4.69, 9.17) is 4.74 Å². The van der Waals surface area contributed by atoms with Crippen molar-refractivity contribution in [3.8, 4) is 0 Å². The number of likely N-dealkylation sites (tertiary alicyclic amines) is 1. The summed E-state index contributed by atoms with van der Waals surface area (Å²) in [6.45, 7) is 4.40. The molecule has 2 heteroatoms. The van der Waals surface area contributed by atoms with Crippen molar-refractivity contribution in [2.75, 3.05) is 13.7 Å². The first-order chi connectivity index (χ1) is 11.7. The van der Waals surface area contributed by atoms with Gasteiger partial charge in [0.15, 0.2) is 0 Å². The van der Waals surface area contributed by atoms with Crippen LogP contribution in [0.15, 0.2) is 60.7 Å². The monoisotopic (exact) mass is 321 g/mol. The van der Waals surface area contributed by atoms with Gasteiger partial charge in [-0.1, -0.05) is 60.7 Å². The maximum Gasteiger partial charge on any atom is 0.0465 e. The Kier molecular flexibility index (Phi) is 4.19. The normalized spacial score (nSPS) is 31.8. The molecule has 2 nitrogen and oxygen atoms in total. The van der Waals surface area contributed by atoms with Crippen molar-refractivity contribution in [3.63, 3.8) is 0 Å². The fourth-order valence-electron chi connectivity index (χ4n) is 5.00. The summed E-state index contributed by atoms with van der Waals surface area (Å²) < 4.78 is 5.35. The minimum Gasteiger partial charge on any atom is -0.385 e. The van der Waals surface area contributed by atoms with Gasteiger partial charge in [-0.3, -0.25) is 4.90 Å². The van der Waals surface area contributed by atoms with Crippen LogP contribution in [-0.2, 0) is 11.3 Å². The molecule has 2 fully saturated rings. The standard InChI is InChI=1S/C22H27NO/c1-22-19(13-14-24-2)20(22)15-21(18-11-7-4-8-12-18)23(22)16-17-9-5-3-6-10-17/h3-12,19-21H,13-16H2,1-2H3/t19-,20+,21+,22-/m1/s1. The number of ether oxygens (including phenoxy) is 1. The highest BCUT2D eigenvalue weighted by molar-refractivity contribution is 5.30. The number of nitrogens with zero attached hydrogens (tertiary/aromatic N) is 1. The summed E-state index contributed by atoms with van der Waals surface area (Å²) in [6, 6.07) is 22.5. The smallest absolute Gasteiger partial charge is 0.0465 e. The molecule has 2 aromatic carbocycles. The van der Waals surface area contributed by atoms with Gasteiger partial charge in [-0.2, -0.15) is 0 Å². The van der Waals surface area contributed by atoms with Crippen molar-refractivity contribution < 1.29 is 4.74 Å². The first-order valence-electron chi connectivity index (χ1n) is 9.09. The molecule has 0 amide bonds. The maximum absolute atomic E-state index is 5.35. The van der Waals surface area contributed by atoms with E-state index in [1.54, 1.807) is 0 Å². The zero-order valence-corrected chi connectivity index (χ0v) is 14.7. The number of rotatable bonds is 6. The molecular weight excluding hydrogens is 294 g/mol. The molecular formula is C22H27NO. The van der Waals surface area contributed by atoms with Crippen LogP contribution < -0.4 is 0 Å². The molecule has 4 atom stereocenters. The van der Waals surface area contributed by atoms with E-state index in [0.29, 0.717) is 11.6 Å². The van der Waals surface area contributed by atoms with Crippen LogP contribution in [0.25, 0.3) is 0 Å². The molecule has 1 aliphatic carbocycles. The van der Waals surface area contributed by atoms with E-state index in [9.17, 15) is 0 Å². The number of piperidine rings is 1. The second-order valence-corrected chi connectivity index (χ2v) is 7.50. The Balaban J connectivity index is 1.60. The predicted octanol–water partition coefficient (Wildman–Crippen LogP) is 4.67. The Hall–Kier alpha value is -1.64. The average molecular weight is 321 g/mol. The van der Waals surface area contributed by atoms with Crippen molar-refractivity contribution in [3.05, 3.63) is 71.8 Å². The molecule has 4 rings (SSSR count). The lowest BCUT2D eigenvalue weighted by atomic mass is 9.98. The highest BCUT2D eigenvalue weighted by atomic mass is 16.5. The summed E-state index contributed by atoms with van der Waals surface area (Å²) in [6.07, 6.45) is 2.46. The third kappa shape index (κ3) is 2.58. The fraction of sp³-hybridized carbons (Fsp3) is 0.455. The molecule has 2 aromatic rings. The summed E-state index contributed by atoms with van der Waals surface area (Å²) in [5.74, 6) is 1.59. The SMILES string of the molecule is COCC[C@@H]1[C@@H]2C[C@@H](c3ccccc3)N(Cc3ccccc3)[C@]12C. The summed E-state index contributed by atoms with van der Waals surface area (Å²) in [4.78, 5) is 2.77. The van der Waals surface area contributed by atoms with Gasteiger partial charge in [-0.05, 0) is 42.7 Å². The molecule has 24 heavy (non-hydrogen) atoms. The van der Waals surface area contributed by atoms with E-state index in [0.717, 1.165) is 25.0 Å². The zero-order chi connectivity index (χ0) is 16.6. The molecule has 0 bridgehead atoms. The minimum absolute atomic E-state index is 0.328. The van der Waals surface area contributed by atoms with Gasteiger partial charge in [0, 0.05) is 31.8 Å². The molecule has 0 unspecified atom stereocenters. The van der Waals surface area contributed by atoms with Crippen LogP contribution in [0.3, 0.4) is 0 Å². The molecule has 1 saturated heterocycles. The zero-order valence-electron chi connectivity index (χ0n) is 14.7. The molecule has 1 saturated carbocycles. The third-order valence-corrected chi connectivity index (χ3v) is 6.36. The van der Waals surface area contributed by atoms with Crippen LogP contribution in [0, 0.1) is 11.8 Å². The highest BCUT2D eigenvalue weighted by Gasteiger charge is 2.69. The van der Waals surface area contributed by atoms with Crippen LogP contribution in [-0.4, -0.2) is 24.2 Å². The Morgan fingerprint density at radius 2 is 1.71 bits per heavy atom. The first-order valence-corrected chi connectivity index (χ1v) is 9.09. The predicted molar refractivity (Wildman–Crippen MR) is 97.7 cm³/mol. The lowest BCUT2D eigenvalue weighted by Crippen LogP contribution is -2.36. The van der Waals surface area contributed by atoms with E-state index < -0.39 is 0 Å². The number of methoxy groups -OCH3 is 1. The Morgan fingerprint density at radius 3 is 2.38 bits per heavy atom. The topological polar surface area (TPSA) is 12.5 Å². The molecule has 1 aliphatic heterocycles. The third-order valence-electron chi connectivity index (χ3n) is 6.36. The van der Waals surface area contributed by atoms with Crippen molar-refractivity contribution in [1.29, 1.82) is 0 Å². The maximum atomic E-state index is 5.35. The van der Waals surface area contributed by atoms with Crippen molar-refractivity contribution in [2.45, 2.75) is 37.9 Å². The van der Waals surface area contributed by atoms with Crippen molar-refractivity contribution in [2.24, 2.45) is 11.8 Å². The van der Waals surface area contributed by atoms with Gasteiger partial charge in [0.1, 0.15) is 0 Å². The second kappa shape index (κ2) is 6.34. The van der Waals surface area contributed by atoms with E-state index in [1.807, 2.05) is 7.11 Å². The van der Waals surface area contributed by atoms with Gasteiger partial charge in [0.05, 0.1) is 0 Å². The number of benzene rings is 2. The Morgan fingerprint density at radius 1 is 1.04 bits per heavy atom. The minimum atomic E-state index is 0.328. The average Bonchev–Trinajstić information content (AvgIpc) is 3.08. The van der Waals surface area contributed by atoms with Crippen LogP contribution in [0.2, 0.25) is 0 Å². The molecule has 0 N–H and O–H groups in total. The van der Waals surface area contributed by atoms with Crippen LogP contribution >= 0.6 is 0 Å². The second-order valence-electron chi connectivity index (χ2n) is 7.50. The summed E-state index contributed by atoms with van der Waals surface area (Å²) in [5, 5.41) is 0. The number of hydrogen-bond acceptors (Lipinski definition) is 2. The quantitative estimate of drug-likeness (QED) is 0.766. The lowest BCUT2D eigenvalue weighted by Gasteiger charge is -2.34. The van der Waals surface area contributed by atoms with E-state index in [1.165, 1.54) is 24.0 Å². The summed E-state index contributed by atoms with van der Waals surface area (Å²) in [5.41, 5.74) is 3.21. The van der Waals surface area contributed by atoms with Gasteiger partial charge in [-0.15, -0.1) is 0 Å². The number of fused-ring (bicyclic) bond motifs is 1. The Labute approximate surface area is 145 Å². The summed E-state index contributed by atoms with van der Waals surface area (Å²) in [7, 11) is 1.81. The van der Waals surface area contributed by atoms with Gasteiger partial charge in [0.25, 0.3) is 0 Å². The molecule has 0 aromatic heterocycles. The van der Waals surface area contributed by atoms with Gasteiger partial charge in [-0.25, -0.2) is 0 Å². The van der Waals surface area contributed by atoms with Gasteiger partial charge >= 0.3 is 0 Å². The molecule has 0 radical (unpaired) electrons. The fourth-order valence-corrected chi connectivity index (χ4v) is 5.00. The largest absolute Gasteiger partial charge is 0.385 e. The summed E-state index contributed by atoms with van der Waals surface area (Å²) >= 11 is 0. The molecule has 2 aliphatic rings. The molecule has 126 valence electrons. The molecule has 1 heterocycles.